The molecule has 0 amide bonds. The number of nitrogens with two attached hydrogens (primary N) is 1. The van der Waals surface area contributed by atoms with Crippen LogP contribution in [0.25, 0.3) is 0 Å². The van der Waals surface area contributed by atoms with Crippen molar-refractivity contribution >= 4 is 11.6 Å². The molecule has 96 valence electrons. The molecule has 0 saturated carbocycles. The van der Waals surface area contributed by atoms with Crippen LogP contribution in [-0.2, 0) is 4.74 Å². The summed E-state index contributed by atoms with van der Waals surface area (Å²) >= 11 is 6.01. The van der Waals surface area contributed by atoms with Crippen LogP contribution in [0.5, 0.6) is 0 Å². The largest absolute Gasteiger partial charge is 0.366 e. The Morgan fingerprint density at radius 2 is 2.00 bits per heavy atom. The van der Waals surface area contributed by atoms with E-state index in [-0.39, 0.29) is 17.7 Å². The van der Waals surface area contributed by atoms with E-state index >= 15 is 0 Å². The summed E-state index contributed by atoms with van der Waals surface area (Å²) in [6.07, 6.45) is 0.756. The number of halogens is 1. The monoisotopic (exact) mass is 255 g/mol. The summed E-state index contributed by atoms with van der Waals surface area (Å²) in [6.45, 7) is 8.17. The fourth-order valence-electron chi connectivity index (χ4n) is 1.68. The van der Waals surface area contributed by atoms with Crippen LogP contribution in [0.2, 0.25) is 5.02 Å². The van der Waals surface area contributed by atoms with E-state index in [1.165, 1.54) is 0 Å². The minimum Gasteiger partial charge on any atom is -0.366 e. The number of hydrogen-bond acceptors (Lipinski definition) is 2. The lowest BCUT2D eigenvalue weighted by molar-refractivity contribution is -0.0728. The van der Waals surface area contributed by atoms with E-state index in [0.717, 1.165) is 12.0 Å². The predicted octanol–water partition coefficient (Wildman–Crippen LogP) is 3.93. The SMILES string of the molecule is CCC(N)C(OC(C)(C)C)c1cccc(Cl)c1. The van der Waals surface area contributed by atoms with Crippen LogP contribution >= 0.6 is 11.6 Å². The van der Waals surface area contributed by atoms with Gasteiger partial charge in [0.15, 0.2) is 0 Å². The second-order valence-corrected chi connectivity index (χ2v) is 5.71. The summed E-state index contributed by atoms with van der Waals surface area (Å²) in [6, 6.07) is 7.70. The Bertz CT molecular complexity index is 359. The van der Waals surface area contributed by atoms with Gasteiger partial charge in [0.25, 0.3) is 0 Å². The van der Waals surface area contributed by atoms with Gasteiger partial charge in [-0.2, -0.15) is 0 Å². The van der Waals surface area contributed by atoms with Crippen LogP contribution in [0.15, 0.2) is 24.3 Å². The normalized spacial score (nSPS) is 15.6. The zero-order valence-electron chi connectivity index (χ0n) is 11.0. The van der Waals surface area contributed by atoms with Gasteiger partial charge in [0.2, 0.25) is 0 Å². The van der Waals surface area contributed by atoms with Gasteiger partial charge in [-0.15, -0.1) is 0 Å². The Labute approximate surface area is 109 Å². The Balaban J connectivity index is 2.98. The first-order chi connectivity index (χ1) is 7.83. The average Bonchev–Trinajstić information content (AvgIpc) is 2.23. The first-order valence-corrected chi connectivity index (χ1v) is 6.40. The van der Waals surface area contributed by atoms with Gasteiger partial charge in [-0.05, 0) is 44.9 Å². The van der Waals surface area contributed by atoms with Gasteiger partial charge >= 0.3 is 0 Å². The molecule has 1 aromatic carbocycles. The Morgan fingerprint density at radius 1 is 1.35 bits per heavy atom. The average molecular weight is 256 g/mol. The summed E-state index contributed by atoms with van der Waals surface area (Å²) in [5.41, 5.74) is 6.96. The molecule has 0 aliphatic heterocycles. The Kier molecular flexibility index (Phi) is 4.99. The lowest BCUT2D eigenvalue weighted by Crippen LogP contribution is -2.34. The topological polar surface area (TPSA) is 35.2 Å². The summed E-state index contributed by atoms with van der Waals surface area (Å²) in [5.74, 6) is 0. The van der Waals surface area contributed by atoms with E-state index < -0.39 is 0 Å². The molecule has 1 aromatic rings. The van der Waals surface area contributed by atoms with Crippen LogP contribution in [-0.4, -0.2) is 11.6 Å². The van der Waals surface area contributed by atoms with Gasteiger partial charge in [-0.1, -0.05) is 30.7 Å². The van der Waals surface area contributed by atoms with Crippen LogP contribution < -0.4 is 5.73 Å². The number of rotatable bonds is 4. The first kappa shape index (κ1) is 14.5. The van der Waals surface area contributed by atoms with Gasteiger partial charge in [0.05, 0.1) is 11.7 Å². The summed E-state index contributed by atoms with van der Waals surface area (Å²) < 4.78 is 6.05. The number of hydrogen-bond donors (Lipinski definition) is 1. The molecule has 2 nitrogen and oxygen atoms in total. The van der Waals surface area contributed by atoms with Gasteiger partial charge in [-0.25, -0.2) is 0 Å². The van der Waals surface area contributed by atoms with Crippen molar-refractivity contribution in [2.24, 2.45) is 5.73 Å². The smallest absolute Gasteiger partial charge is 0.0983 e. The minimum atomic E-state index is -0.222. The maximum atomic E-state index is 6.14. The molecule has 3 heteroatoms. The molecule has 0 aliphatic rings. The second-order valence-electron chi connectivity index (χ2n) is 5.28. The van der Waals surface area contributed by atoms with Gasteiger partial charge in [0, 0.05) is 11.1 Å². The van der Waals surface area contributed by atoms with Crippen molar-refractivity contribution in [3.63, 3.8) is 0 Å². The zero-order valence-corrected chi connectivity index (χ0v) is 11.8. The third-order valence-electron chi connectivity index (χ3n) is 2.52. The quantitative estimate of drug-likeness (QED) is 0.885. The molecule has 2 unspecified atom stereocenters. The Morgan fingerprint density at radius 3 is 2.47 bits per heavy atom. The van der Waals surface area contributed by atoms with Crippen molar-refractivity contribution in [3.05, 3.63) is 34.9 Å². The van der Waals surface area contributed by atoms with Crippen LogP contribution in [0, 0.1) is 0 Å². The molecule has 0 spiro atoms. The fourth-order valence-corrected chi connectivity index (χ4v) is 1.88. The van der Waals surface area contributed by atoms with Gasteiger partial charge in [0.1, 0.15) is 0 Å². The standard InChI is InChI=1S/C14H22ClNO/c1-5-12(16)13(17-14(2,3)4)10-7-6-8-11(15)9-10/h6-9,12-13H,5,16H2,1-4H3. The van der Waals surface area contributed by atoms with E-state index in [2.05, 4.69) is 6.92 Å². The predicted molar refractivity (Wildman–Crippen MR) is 73.3 cm³/mol. The molecular weight excluding hydrogens is 234 g/mol. The van der Waals surface area contributed by atoms with Crippen LogP contribution in [0.4, 0.5) is 0 Å². The van der Waals surface area contributed by atoms with Gasteiger partial charge in [-0.3, -0.25) is 0 Å². The molecule has 0 heterocycles. The summed E-state index contributed by atoms with van der Waals surface area (Å²) in [4.78, 5) is 0. The molecule has 0 saturated heterocycles. The maximum Gasteiger partial charge on any atom is 0.0983 e. The van der Waals surface area contributed by atoms with Crippen LogP contribution in [0.1, 0.15) is 45.8 Å². The van der Waals surface area contributed by atoms with E-state index in [1.54, 1.807) is 0 Å². The molecule has 0 bridgehead atoms. The third kappa shape index (κ3) is 4.66. The van der Waals surface area contributed by atoms with Crippen molar-refractivity contribution < 1.29 is 4.74 Å². The van der Waals surface area contributed by atoms with E-state index in [0.29, 0.717) is 5.02 Å². The molecule has 0 fully saturated rings. The Hall–Kier alpha value is -0.570. The lowest BCUT2D eigenvalue weighted by atomic mass is 9.99. The molecule has 2 atom stereocenters. The molecule has 17 heavy (non-hydrogen) atoms. The fraction of sp³-hybridized carbons (Fsp3) is 0.571. The van der Waals surface area contributed by atoms with E-state index in [4.69, 9.17) is 22.1 Å². The molecule has 2 N–H and O–H groups in total. The second kappa shape index (κ2) is 5.85. The van der Waals surface area contributed by atoms with Crippen molar-refractivity contribution in [2.75, 3.05) is 0 Å². The summed E-state index contributed by atoms with van der Waals surface area (Å²) in [5, 5.41) is 0.716. The molecule has 0 radical (unpaired) electrons. The lowest BCUT2D eigenvalue weighted by Gasteiger charge is -2.31. The van der Waals surface area contributed by atoms with Crippen molar-refractivity contribution in [1.82, 2.24) is 0 Å². The van der Waals surface area contributed by atoms with Crippen molar-refractivity contribution in [3.8, 4) is 0 Å². The van der Waals surface area contributed by atoms with Crippen molar-refractivity contribution in [1.29, 1.82) is 0 Å². The summed E-state index contributed by atoms with van der Waals surface area (Å²) in [7, 11) is 0. The molecule has 0 aliphatic carbocycles. The van der Waals surface area contributed by atoms with Crippen molar-refractivity contribution in [2.45, 2.75) is 51.9 Å². The highest BCUT2D eigenvalue weighted by Crippen LogP contribution is 2.28. The number of ether oxygens (including phenoxy) is 1. The van der Waals surface area contributed by atoms with E-state index in [9.17, 15) is 0 Å². The van der Waals surface area contributed by atoms with Crippen LogP contribution in [0.3, 0.4) is 0 Å². The zero-order chi connectivity index (χ0) is 13.1. The maximum absolute atomic E-state index is 6.14. The number of benzene rings is 1. The molecule has 1 rings (SSSR count). The minimum absolute atomic E-state index is 0.0207. The highest BCUT2D eigenvalue weighted by Gasteiger charge is 2.25. The first-order valence-electron chi connectivity index (χ1n) is 6.02. The molecule has 0 aromatic heterocycles. The molecular formula is C14H22ClNO. The highest BCUT2D eigenvalue weighted by molar-refractivity contribution is 6.30. The van der Waals surface area contributed by atoms with E-state index in [1.807, 2.05) is 45.0 Å². The van der Waals surface area contributed by atoms with Gasteiger partial charge < -0.3 is 10.5 Å². The highest BCUT2D eigenvalue weighted by atomic mass is 35.5. The third-order valence-corrected chi connectivity index (χ3v) is 2.75.